The minimum absolute atomic E-state index is 0.645. The lowest BCUT2D eigenvalue weighted by molar-refractivity contribution is 0.356. The molecule has 2 atom stereocenters. The number of halogens is 1. The van der Waals surface area contributed by atoms with Crippen molar-refractivity contribution < 1.29 is 0 Å². The molecule has 2 aromatic heterocycles. The van der Waals surface area contributed by atoms with Crippen LogP contribution < -0.4 is 4.90 Å². The number of piperidine rings is 1. The summed E-state index contributed by atoms with van der Waals surface area (Å²) < 4.78 is 2.14. The summed E-state index contributed by atoms with van der Waals surface area (Å²) in [7, 11) is 0. The van der Waals surface area contributed by atoms with Crippen molar-refractivity contribution in [3.8, 4) is 16.8 Å². The van der Waals surface area contributed by atoms with Crippen molar-refractivity contribution in [1.82, 2.24) is 14.5 Å². The molecular formula is C26H27ClN4. The Labute approximate surface area is 188 Å². The number of rotatable bonds is 3. The molecule has 0 radical (unpaired) electrons. The monoisotopic (exact) mass is 430 g/mol. The Morgan fingerprint density at radius 1 is 0.968 bits per heavy atom. The summed E-state index contributed by atoms with van der Waals surface area (Å²) in [6.45, 7) is 8.73. The van der Waals surface area contributed by atoms with Crippen molar-refractivity contribution in [1.29, 1.82) is 0 Å². The summed E-state index contributed by atoms with van der Waals surface area (Å²) >= 11 is 6.47. The molecule has 5 rings (SSSR count). The summed E-state index contributed by atoms with van der Waals surface area (Å²) in [6.07, 6.45) is 5.14. The highest BCUT2D eigenvalue weighted by Gasteiger charge is 2.26. The lowest BCUT2D eigenvalue weighted by Gasteiger charge is -2.36. The Bertz CT molecular complexity index is 1220. The lowest BCUT2D eigenvalue weighted by Crippen LogP contribution is -2.39. The van der Waals surface area contributed by atoms with Gasteiger partial charge in [0.05, 0.1) is 5.39 Å². The van der Waals surface area contributed by atoms with Gasteiger partial charge in [-0.05, 0) is 48.4 Å². The molecule has 0 saturated carbocycles. The zero-order valence-electron chi connectivity index (χ0n) is 18.2. The van der Waals surface area contributed by atoms with Gasteiger partial charge in [-0.2, -0.15) is 0 Å². The quantitative estimate of drug-likeness (QED) is 0.370. The molecule has 1 fully saturated rings. The first-order valence-electron chi connectivity index (χ1n) is 10.9. The highest BCUT2D eigenvalue weighted by atomic mass is 35.5. The van der Waals surface area contributed by atoms with Crippen LogP contribution in [0, 0.1) is 18.8 Å². The largest absolute Gasteiger partial charge is 0.355 e. The molecule has 1 aliphatic heterocycles. The highest BCUT2D eigenvalue weighted by molar-refractivity contribution is 6.31. The SMILES string of the molecule is Cc1ccc(-n2cc(-c3ccccc3)c3c(N4C[C@@H](C)C[C@H](C)C4)ncnc32)cc1Cl. The third-order valence-corrected chi connectivity index (χ3v) is 6.66. The summed E-state index contributed by atoms with van der Waals surface area (Å²) in [6, 6.07) is 16.7. The van der Waals surface area contributed by atoms with Gasteiger partial charge in [-0.25, -0.2) is 9.97 Å². The van der Waals surface area contributed by atoms with Crippen LogP contribution in [0.2, 0.25) is 5.02 Å². The van der Waals surface area contributed by atoms with E-state index in [9.17, 15) is 0 Å². The second-order valence-electron chi connectivity index (χ2n) is 8.96. The van der Waals surface area contributed by atoms with Crippen LogP contribution in [-0.4, -0.2) is 27.6 Å². The van der Waals surface area contributed by atoms with E-state index in [1.165, 1.54) is 12.0 Å². The van der Waals surface area contributed by atoms with E-state index in [4.69, 9.17) is 21.6 Å². The van der Waals surface area contributed by atoms with Gasteiger partial charge in [0.1, 0.15) is 12.1 Å². The molecule has 4 aromatic rings. The van der Waals surface area contributed by atoms with Crippen LogP contribution in [0.15, 0.2) is 61.1 Å². The molecule has 0 N–H and O–H groups in total. The number of benzene rings is 2. The molecule has 31 heavy (non-hydrogen) atoms. The van der Waals surface area contributed by atoms with Gasteiger partial charge in [0, 0.05) is 35.6 Å². The molecule has 0 unspecified atom stereocenters. The molecule has 1 saturated heterocycles. The Kier molecular flexibility index (Phi) is 5.19. The van der Waals surface area contributed by atoms with Crippen molar-refractivity contribution in [2.24, 2.45) is 11.8 Å². The van der Waals surface area contributed by atoms with Crippen molar-refractivity contribution >= 4 is 28.5 Å². The third-order valence-electron chi connectivity index (χ3n) is 6.25. The van der Waals surface area contributed by atoms with Gasteiger partial charge >= 0.3 is 0 Å². The Hall–Kier alpha value is -2.85. The topological polar surface area (TPSA) is 34.0 Å². The average Bonchev–Trinajstić information content (AvgIpc) is 3.15. The van der Waals surface area contributed by atoms with Gasteiger partial charge in [0.25, 0.3) is 0 Å². The Morgan fingerprint density at radius 3 is 2.42 bits per heavy atom. The van der Waals surface area contributed by atoms with Crippen LogP contribution in [0.3, 0.4) is 0 Å². The number of aryl methyl sites for hydroxylation is 1. The number of hydrogen-bond donors (Lipinski definition) is 0. The molecule has 0 bridgehead atoms. The summed E-state index contributed by atoms with van der Waals surface area (Å²) in [5, 5.41) is 1.86. The predicted octanol–water partition coefficient (Wildman–Crippen LogP) is 6.53. The van der Waals surface area contributed by atoms with E-state index in [0.717, 1.165) is 51.8 Å². The van der Waals surface area contributed by atoms with Gasteiger partial charge in [-0.15, -0.1) is 0 Å². The minimum atomic E-state index is 0.645. The number of nitrogens with zero attached hydrogens (tertiary/aromatic N) is 4. The second kappa shape index (κ2) is 8.01. The van der Waals surface area contributed by atoms with Crippen molar-refractivity contribution in [3.05, 3.63) is 71.6 Å². The molecule has 1 aliphatic rings. The normalized spacial score (nSPS) is 19.2. The number of hydrogen-bond acceptors (Lipinski definition) is 3. The molecule has 0 aliphatic carbocycles. The maximum Gasteiger partial charge on any atom is 0.150 e. The first-order valence-corrected chi connectivity index (χ1v) is 11.3. The molecule has 0 spiro atoms. The maximum atomic E-state index is 6.47. The van der Waals surface area contributed by atoms with E-state index in [2.05, 4.69) is 65.9 Å². The van der Waals surface area contributed by atoms with E-state index >= 15 is 0 Å². The smallest absolute Gasteiger partial charge is 0.150 e. The van der Waals surface area contributed by atoms with Gasteiger partial charge in [0.2, 0.25) is 0 Å². The summed E-state index contributed by atoms with van der Waals surface area (Å²) in [5.41, 5.74) is 5.30. The molecular weight excluding hydrogens is 404 g/mol. The third kappa shape index (κ3) is 3.70. The average molecular weight is 431 g/mol. The Balaban J connectivity index is 1.76. The summed E-state index contributed by atoms with van der Waals surface area (Å²) in [5.74, 6) is 2.32. The fraction of sp³-hybridized carbons (Fsp3) is 0.308. The van der Waals surface area contributed by atoms with Crippen LogP contribution >= 0.6 is 11.6 Å². The number of fused-ring (bicyclic) bond motifs is 1. The van der Waals surface area contributed by atoms with E-state index < -0.39 is 0 Å². The van der Waals surface area contributed by atoms with Gasteiger partial charge in [0.15, 0.2) is 5.65 Å². The molecule has 2 aromatic carbocycles. The van der Waals surface area contributed by atoms with Crippen LogP contribution in [-0.2, 0) is 0 Å². The fourth-order valence-electron chi connectivity index (χ4n) is 4.89. The number of aromatic nitrogens is 3. The molecule has 158 valence electrons. The van der Waals surface area contributed by atoms with E-state index in [1.807, 2.05) is 19.1 Å². The van der Waals surface area contributed by atoms with Gasteiger partial charge in [-0.3, -0.25) is 0 Å². The van der Waals surface area contributed by atoms with Crippen molar-refractivity contribution in [3.63, 3.8) is 0 Å². The number of anilines is 1. The first kappa shape index (κ1) is 20.1. The van der Waals surface area contributed by atoms with Gasteiger partial charge in [-0.1, -0.05) is 61.8 Å². The summed E-state index contributed by atoms with van der Waals surface area (Å²) in [4.78, 5) is 12.0. The molecule has 0 amide bonds. The van der Waals surface area contributed by atoms with E-state index in [-0.39, 0.29) is 0 Å². The fourth-order valence-corrected chi connectivity index (χ4v) is 5.06. The zero-order valence-corrected chi connectivity index (χ0v) is 19.0. The van der Waals surface area contributed by atoms with Crippen molar-refractivity contribution in [2.45, 2.75) is 27.2 Å². The first-order chi connectivity index (χ1) is 15.0. The second-order valence-corrected chi connectivity index (χ2v) is 9.37. The molecule has 3 heterocycles. The van der Waals surface area contributed by atoms with Crippen LogP contribution in [0.25, 0.3) is 27.8 Å². The van der Waals surface area contributed by atoms with E-state index in [1.54, 1.807) is 6.33 Å². The molecule has 5 heteroatoms. The van der Waals surface area contributed by atoms with Crippen LogP contribution in [0.1, 0.15) is 25.8 Å². The highest BCUT2D eigenvalue weighted by Crippen LogP contribution is 2.38. The zero-order chi connectivity index (χ0) is 21.5. The Morgan fingerprint density at radius 2 is 1.71 bits per heavy atom. The minimum Gasteiger partial charge on any atom is -0.355 e. The van der Waals surface area contributed by atoms with Crippen LogP contribution in [0.4, 0.5) is 5.82 Å². The van der Waals surface area contributed by atoms with E-state index in [0.29, 0.717) is 11.8 Å². The van der Waals surface area contributed by atoms with Gasteiger partial charge < -0.3 is 9.47 Å². The molecule has 4 nitrogen and oxygen atoms in total. The maximum absolute atomic E-state index is 6.47. The van der Waals surface area contributed by atoms with Crippen molar-refractivity contribution in [2.75, 3.05) is 18.0 Å². The standard InChI is InChI=1S/C26H27ClN4/c1-17-11-18(2)14-30(13-17)25-24-22(20-7-5-4-6-8-20)15-31(26(24)29-16-28-25)21-10-9-19(3)23(27)12-21/h4-10,12,15-18H,11,13-14H2,1-3H3/t17-,18-/m0/s1. The lowest BCUT2D eigenvalue weighted by atomic mass is 9.91. The predicted molar refractivity (Wildman–Crippen MR) is 129 cm³/mol. The van der Waals surface area contributed by atoms with Crippen LogP contribution in [0.5, 0.6) is 0 Å².